The van der Waals surface area contributed by atoms with Crippen molar-refractivity contribution in [3.05, 3.63) is 71.8 Å². The summed E-state index contributed by atoms with van der Waals surface area (Å²) in [5.74, 6) is 12.4. The van der Waals surface area contributed by atoms with Gasteiger partial charge in [-0.15, -0.1) is 35.3 Å². The van der Waals surface area contributed by atoms with Gasteiger partial charge in [0.2, 0.25) is 0 Å². The number of benzene rings is 2. The summed E-state index contributed by atoms with van der Waals surface area (Å²) in [5.41, 5.74) is 10.2. The maximum absolute atomic E-state index is 5.21. The molecule has 2 aromatic rings. The van der Waals surface area contributed by atoms with Gasteiger partial charge in [-0.1, -0.05) is 145 Å². The van der Waals surface area contributed by atoms with Crippen molar-refractivity contribution in [2.45, 2.75) is 154 Å². The van der Waals surface area contributed by atoms with Crippen molar-refractivity contribution >= 4 is 16.1 Å². The highest BCUT2D eigenvalue weighted by Gasteiger charge is 2.20. The van der Waals surface area contributed by atoms with Crippen LogP contribution in [0.5, 0.6) is 0 Å². The average molecular weight is 663 g/mol. The number of hydrogen-bond acceptors (Lipinski definition) is 0. The van der Waals surface area contributed by atoms with E-state index in [4.69, 9.17) is 6.42 Å². The Bertz CT molecular complexity index is 1170. The van der Waals surface area contributed by atoms with Crippen LogP contribution in [0.1, 0.15) is 127 Å². The first-order valence-electron chi connectivity index (χ1n) is 19.3. The van der Waals surface area contributed by atoms with Crippen LogP contribution in [0.2, 0.25) is 26.2 Å². The van der Waals surface area contributed by atoms with Crippen LogP contribution in [0.3, 0.4) is 0 Å². The molecular formula is C45H66Si2. The largest absolute Gasteiger partial charge is 0.136 e. The topological polar surface area (TPSA) is 0 Å². The number of rotatable bonds is 7. The molecule has 0 bridgehead atoms. The van der Waals surface area contributed by atoms with Gasteiger partial charge in [0.1, 0.15) is 16.1 Å². The van der Waals surface area contributed by atoms with Crippen molar-refractivity contribution in [2.75, 3.05) is 0 Å². The van der Waals surface area contributed by atoms with E-state index < -0.39 is 16.1 Å². The third kappa shape index (κ3) is 18.0. The van der Waals surface area contributed by atoms with E-state index in [0.29, 0.717) is 0 Å². The smallest absolute Gasteiger partial charge is 0.131 e. The molecule has 0 unspecified atom stereocenters. The molecular weight excluding hydrogens is 597 g/mol. The second-order valence-corrected chi connectivity index (χ2v) is 24.8. The second kappa shape index (κ2) is 22.2. The number of hydrogen-bond donors (Lipinski definition) is 0. The predicted octanol–water partition coefficient (Wildman–Crippen LogP) is 12.6. The lowest BCUT2D eigenvalue weighted by Gasteiger charge is -2.19. The molecule has 5 rings (SSSR count). The Kier molecular flexibility index (Phi) is 18.5. The number of terminal acetylenes is 1. The lowest BCUT2D eigenvalue weighted by atomic mass is 9.87. The third-order valence-corrected chi connectivity index (χ3v) is 14.5. The summed E-state index contributed by atoms with van der Waals surface area (Å²) >= 11 is 0. The van der Waals surface area contributed by atoms with Crippen LogP contribution >= 0.6 is 0 Å². The van der Waals surface area contributed by atoms with Crippen LogP contribution < -0.4 is 0 Å². The van der Waals surface area contributed by atoms with E-state index in [-0.39, 0.29) is 0 Å². The third-order valence-electron chi connectivity index (χ3n) is 10.2. The van der Waals surface area contributed by atoms with Gasteiger partial charge in [0.05, 0.1) is 0 Å². The molecule has 0 atom stereocenters. The molecule has 2 aromatic carbocycles. The molecule has 0 saturated heterocycles. The van der Waals surface area contributed by atoms with Gasteiger partial charge in [0.15, 0.2) is 0 Å². The Morgan fingerprint density at radius 2 is 0.809 bits per heavy atom. The van der Waals surface area contributed by atoms with E-state index in [1.807, 2.05) is 0 Å². The van der Waals surface area contributed by atoms with E-state index in [9.17, 15) is 0 Å². The second-order valence-electron chi connectivity index (χ2n) is 16.0. The molecule has 254 valence electrons. The zero-order chi connectivity index (χ0) is 33.6. The summed E-state index contributed by atoms with van der Waals surface area (Å²) in [6.45, 7) is 9.59. The average Bonchev–Trinajstić information content (AvgIpc) is 3.07. The molecule has 0 aromatic heterocycles. The first-order valence-corrected chi connectivity index (χ1v) is 25.7. The normalized spacial score (nSPS) is 17.6. The summed E-state index contributed by atoms with van der Waals surface area (Å²) in [4.78, 5) is 0. The van der Waals surface area contributed by atoms with Crippen molar-refractivity contribution in [3.63, 3.8) is 0 Å². The zero-order valence-corrected chi connectivity index (χ0v) is 32.7. The van der Waals surface area contributed by atoms with Gasteiger partial charge in [0, 0.05) is 19.3 Å². The highest BCUT2D eigenvalue weighted by atomic mass is 28.3. The van der Waals surface area contributed by atoms with Crippen LogP contribution in [0, 0.1) is 53.0 Å². The Labute approximate surface area is 293 Å². The summed E-state index contributed by atoms with van der Waals surface area (Å²) < 4.78 is 0. The van der Waals surface area contributed by atoms with E-state index >= 15 is 0 Å². The molecule has 0 N–H and O–H groups in total. The molecule has 47 heavy (non-hydrogen) atoms. The van der Waals surface area contributed by atoms with E-state index in [1.54, 1.807) is 0 Å². The molecule has 3 aliphatic rings. The van der Waals surface area contributed by atoms with Gasteiger partial charge in [0.25, 0.3) is 0 Å². The van der Waals surface area contributed by atoms with E-state index in [1.165, 1.54) is 120 Å². The van der Waals surface area contributed by atoms with Gasteiger partial charge in [-0.2, -0.15) is 0 Å². The highest BCUT2D eigenvalue weighted by Crippen LogP contribution is 2.27. The minimum absolute atomic E-state index is 0.865. The summed E-state index contributed by atoms with van der Waals surface area (Å²) in [6.07, 6.45) is 29.8. The quantitative estimate of drug-likeness (QED) is 0.204. The van der Waals surface area contributed by atoms with Crippen LogP contribution in [0.25, 0.3) is 0 Å². The van der Waals surface area contributed by atoms with Gasteiger partial charge in [-0.25, -0.2) is 0 Å². The molecule has 0 amide bonds. The standard InChI is InChI=1S/2C18H26Si.C9H14/c2*1-19(2,16-18-12-7-4-8-13-18)15-9-14-17-10-5-3-6-11-17;1-2-6-9-7-4-3-5-8-9/h2*4,7-8,12-13,17H,3,5-6,10-11,14,16H2,1-2H3;1,9H,3-8H2. The fourth-order valence-corrected chi connectivity index (χ4v) is 11.4. The summed E-state index contributed by atoms with van der Waals surface area (Å²) in [5, 5.41) is 0. The van der Waals surface area contributed by atoms with Gasteiger partial charge in [-0.3, -0.25) is 0 Å². The fourth-order valence-electron chi connectivity index (χ4n) is 7.51. The van der Waals surface area contributed by atoms with Crippen molar-refractivity contribution < 1.29 is 0 Å². The first-order chi connectivity index (χ1) is 22.7. The van der Waals surface area contributed by atoms with Crippen molar-refractivity contribution in [1.29, 1.82) is 0 Å². The van der Waals surface area contributed by atoms with Crippen LogP contribution in [0.4, 0.5) is 0 Å². The van der Waals surface area contributed by atoms with Crippen LogP contribution in [-0.4, -0.2) is 16.1 Å². The molecule has 3 fully saturated rings. The molecule has 3 aliphatic carbocycles. The SMILES string of the molecule is C#CCC1CCCCC1.C[Si](C)(C#CCC1CCCCC1)Cc1ccccc1.C[Si](C)(C#CCC1CCCCC1)Cc1ccccc1. The van der Waals surface area contributed by atoms with Crippen LogP contribution in [-0.2, 0) is 12.1 Å². The highest BCUT2D eigenvalue weighted by molar-refractivity contribution is 6.85. The van der Waals surface area contributed by atoms with Gasteiger partial charge >= 0.3 is 0 Å². The molecule has 2 heteroatoms. The van der Waals surface area contributed by atoms with Gasteiger partial charge < -0.3 is 0 Å². The Hall–Kier alpha value is -2.45. The first kappa shape index (κ1) is 39.0. The minimum Gasteiger partial charge on any atom is -0.131 e. The van der Waals surface area contributed by atoms with Gasteiger partial charge in [-0.05, 0) is 79.5 Å². The fraction of sp³-hybridized carbons (Fsp3) is 0.600. The predicted molar refractivity (Wildman–Crippen MR) is 213 cm³/mol. The van der Waals surface area contributed by atoms with Crippen LogP contribution in [0.15, 0.2) is 60.7 Å². The lowest BCUT2D eigenvalue weighted by molar-refractivity contribution is 0.365. The van der Waals surface area contributed by atoms with Crippen molar-refractivity contribution in [2.24, 2.45) is 17.8 Å². The monoisotopic (exact) mass is 662 g/mol. The maximum Gasteiger partial charge on any atom is 0.136 e. The Morgan fingerprint density at radius 1 is 0.489 bits per heavy atom. The summed E-state index contributed by atoms with van der Waals surface area (Å²) in [6, 6.07) is 24.0. The molecule has 0 spiro atoms. The maximum atomic E-state index is 5.21. The van der Waals surface area contributed by atoms with Crippen molar-refractivity contribution in [1.82, 2.24) is 0 Å². The molecule has 3 saturated carbocycles. The molecule has 0 heterocycles. The summed E-state index contributed by atoms with van der Waals surface area (Å²) in [7, 11) is -2.78. The van der Waals surface area contributed by atoms with E-state index in [0.717, 1.165) is 37.0 Å². The molecule has 0 aliphatic heterocycles. The Balaban J connectivity index is 0.000000204. The zero-order valence-electron chi connectivity index (χ0n) is 30.7. The minimum atomic E-state index is -1.39. The van der Waals surface area contributed by atoms with Crippen molar-refractivity contribution in [3.8, 4) is 35.3 Å². The molecule has 0 nitrogen and oxygen atoms in total. The van der Waals surface area contributed by atoms with E-state index in [2.05, 4.69) is 116 Å². The Morgan fingerprint density at radius 3 is 1.13 bits per heavy atom. The molecule has 0 radical (unpaired) electrons. The lowest BCUT2D eigenvalue weighted by Crippen LogP contribution is -2.27.